The second-order valence-electron chi connectivity index (χ2n) is 4.35. The normalized spacial score (nSPS) is 12.6. The summed E-state index contributed by atoms with van der Waals surface area (Å²) in [4.78, 5) is 2.07. The van der Waals surface area contributed by atoms with Crippen LogP contribution in [-0.2, 0) is 0 Å². The van der Waals surface area contributed by atoms with Gasteiger partial charge in [-0.05, 0) is 38.7 Å². The minimum atomic E-state index is -0.000254. The lowest BCUT2D eigenvalue weighted by Gasteiger charge is -2.15. The maximum atomic E-state index is 5.82. The third kappa shape index (κ3) is 4.24. The van der Waals surface area contributed by atoms with Crippen LogP contribution in [0.4, 0.5) is 0 Å². The molecule has 0 fully saturated rings. The molecule has 1 rings (SSSR count). The van der Waals surface area contributed by atoms with Gasteiger partial charge in [-0.25, -0.2) is 0 Å². The monoisotopic (exact) mass is 238 g/mol. The smallest absolute Gasteiger partial charge is 0.161 e. The Morgan fingerprint density at radius 3 is 2.53 bits per heavy atom. The second kappa shape index (κ2) is 6.47. The Balaban J connectivity index is 2.71. The van der Waals surface area contributed by atoms with Crippen molar-refractivity contribution in [1.29, 1.82) is 0 Å². The first-order chi connectivity index (χ1) is 8.04. The Hall–Kier alpha value is -1.26. The number of nitrogens with zero attached hydrogens (tertiary/aromatic N) is 1. The summed E-state index contributed by atoms with van der Waals surface area (Å²) in [7, 11) is 5.67. The highest BCUT2D eigenvalue weighted by Gasteiger charge is 2.08. The van der Waals surface area contributed by atoms with E-state index in [2.05, 4.69) is 4.90 Å². The van der Waals surface area contributed by atoms with E-state index in [1.165, 1.54) is 0 Å². The zero-order valence-corrected chi connectivity index (χ0v) is 11.1. The van der Waals surface area contributed by atoms with Crippen molar-refractivity contribution in [3.05, 3.63) is 23.8 Å². The van der Waals surface area contributed by atoms with Crippen molar-refractivity contribution in [1.82, 2.24) is 4.90 Å². The summed E-state index contributed by atoms with van der Waals surface area (Å²) in [5.74, 6) is 1.50. The van der Waals surface area contributed by atoms with Crippen LogP contribution in [0, 0.1) is 0 Å². The van der Waals surface area contributed by atoms with E-state index < -0.39 is 0 Å². The molecule has 0 aliphatic carbocycles. The van der Waals surface area contributed by atoms with E-state index in [1.54, 1.807) is 7.11 Å². The molecular formula is C13H22N2O2. The maximum Gasteiger partial charge on any atom is 0.161 e. The van der Waals surface area contributed by atoms with E-state index in [9.17, 15) is 0 Å². The first-order valence-electron chi connectivity index (χ1n) is 5.75. The van der Waals surface area contributed by atoms with E-state index in [0.29, 0.717) is 6.61 Å². The summed E-state index contributed by atoms with van der Waals surface area (Å²) >= 11 is 0. The van der Waals surface area contributed by atoms with E-state index in [1.807, 2.05) is 39.2 Å². The predicted octanol–water partition coefficient (Wildman–Crippen LogP) is 1.66. The lowest BCUT2D eigenvalue weighted by Crippen LogP contribution is -2.19. The fourth-order valence-corrected chi connectivity index (χ4v) is 1.42. The minimum absolute atomic E-state index is 0.000254. The number of ether oxygens (including phenoxy) is 2. The molecule has 0 aliphatic heterocycles. The zero-order valence-electron chi connectivity index (χ0n) is 11.1. The fourth-order valence-electron chi connectivity index (χ4n) is 1.42. The van der Waals surface area contributed by atoms with Gasteiger partial charge < -0.3 is 20.1 Å². The number of rotatable bonds is 6. The predicted molar refractivity (Wildman–Crippen MR) is 69.6 cm³/mol. The molecule has 1 aromatic rings. The molecule has 4 heteroatoms. The summed E-state index contributed by atoms with van der Waals surface area (Å²) in [5.41, 5.74) is 6.87. The van der Waals surface area contributed by atoms with Crippen LogP contribution in [-0.4, -0.2) is 39.3 Å². The van der Waals surface area contributed by atoms with E-state index in [-0.39, 0.29) is 6.04 Å². The first kappa shape index (κ1) is 13.8. The van der Waals surface area contributed by atoms with E-state index >= 15 is 0 Å². The van der Waals surface area contributed by atoms with E-state index in [4.69, 9.17) is 15.2 Å². The Morgan fingerprint density at radius 2 is 2.00 bits per heavy atom. The molecule has 1 aromatic carbocycles. The van der Waals surface area contributed by atoms with Crippen molar-refractivity contribution in [2.24, 2.45) is 5.73 Å². The molecule has 0 aliphatic rings. The summed E-state index contributed by atoms with van der Waals surface area (Å²) in [5, 5.41) is 0. The number of methoxy groups -OCH3 is 1. The van der Waals surface area contributed by atoms with Gasteiger partial charge in [0.2, 0.25) is 0 Å². The van der Waals surface area contributed by atoms with Crippen LogP contribution in [0.25, 0.3) is 0 Å². The van der Waals surface area contributed by atoms with Gasteiger partial charge >= 0.3 is 0 Å². The van der Waals surface area contributed by atoms with Gasteiger partial charge in [-0.15, -0.1) is 0 Å². The highest BCUT2D eigenvalue weighted by Crippen LogP contribution is 2.29. The third-order valence-corrected chi connectivity index (χ3v) is 2.51. The van der Waals surface area contributed by atoms with Crippen molar-refractivity contribution in [3.63, 3.8) is 0 Å². The van der Waals surface area contributed by atoms with Crippen molar-refractivity contribution in [2.45, 2.75) is 13.0 Å². The van der Waals surface area contributed by atoms with Crippen molar-refractivity contribution >= 4 is 0 Å². The molecule has 17 heavy (non-hydrogen) atoms. The number of hydrogen-bond donors (Lipinski definition) is 1. The molecule has 0 amide bonds. The lowest BCUT2D eigenvalue weighted by molar-refractivity contribution is 0.250. The first-order valence-corrected chi connectivity index (χ1v) is 5.75. The molecule has 0 radical (unpaired) electrons. The Bertz CT molecular complexity index is 351. The molecule has 0 saturated heterocycles. The SMILES string of the molecule is COc1cc([C@H](C)N)ccc1OCCN(C)C. The topological polar surface area (TPSA) is 47.7 Å². The summed E-state index contributed by atoms with van der Waals surface area (Å²) in [6, 6.07) is 5.81. The average Bonchev–Trinajstić information content (AvgIpc) is 2.28. The molecule has 0 heterocycles. The maximum absolute atomic E-state index is 5.82. The Morgan fingerprint density at radius 1 is 1.29 bits per heavy atom. The number of likely N-dealkylation sites (N-methyl/N-ethyl adjacent to an activating group) is 1. The molecule has 96 valence electrons. The van der Waals surface area contributed by atoms with Crippen molar-refractivity contribution in [3.8, 4) is 11.5 Å². The molecule has 0 saturated carbocycles. The number of benzene rings is 1. The van der Waals surface area contributed by atoms with Gasteiger partial charge in [-0.2, -0.15) is 0 Å². The molecule has 2 N–H and O–H groups in total. The van der Waals surface area contributed by atoms with Crippen LogP contribution >= 0.6 is 0 Å². The third-order valence-electron chi connectivity index (χ3n) is 2.51. The molecule has 0 aromatic heterocycles. The molecule has 4 nitrogen and oxygen atoms in total. The van der Waals surface area contributed by atoms with Crippen molar-refractivity contribution in [2.75, 3.05) is 34.4 Å². The fraction of sp³-hybridized carbons (Fsp3) is 0.538. The highest BCUT2D eigenvalue weighted by atomic mass is 16.5. The van der Waals surface area contributed by atoms with Crippen LogP contribution in [0.5, 0.6) is 11.5 Å². The quantitative estimate of drug-likeness (QED) is 0.818. The lowest BCUT2D eigenvalue weighted by atomic mass is 10.1. The van der Waals surface area contributed by atoms with Crippen LogP contribution in [0.1, 0.15) is 18.5 Å². The highest BCUT2D eigenvalue weighted by molar-refractivity contribution is 5.43. The number of hydrogen-bond acceptors (Lipinski definition) is 4. The van der Waals surface area contributed by atoms with Gasteiger partial charge in [-0.3, -0.25) is 0 Å². The van der Waals surface area contributed by atoms with Gasteiger partial charge in [0.25, 0.3) is 0 Å². The van der Waals surface area contributed by atoms with Gasteiger partial charge in [-0.1, -0.05) is 6.07 Å². The largest absolute Gasteiger partial charge is 0.493 e. The average molecular weight is 238 g/mol. The minimum Gasteiger partial charge on any atom is -0.493 e. The molecular weight excluding hydrogens is 216 g/mol. The summed E-state index contributed by atoms with van der Waals surface area (Å²) in [6.07, 6.45) is 0. The van der Waals surface area contributed by atoms with Crippen LogP contribution in [0.3, 0.4) is 0 Å². The zero-order chi connectivity index (χ0) is 12.8. The molecule has 1 atom stereocenters. The van der Waals surface area contributed by atoms with E-state index in [0.717, 1.165) is 23.6 Å². The second-order valence-corrected chi connectivity index (χ2v) is 4.35. The number of nitrogens with two attached hydrogens (primary N) is 1. The van der Waals surface area contributed by atoms with Crippen molar-refractivity contribution < 1.29 is 9.47 Å². The van der Waals surface area contributed by atoms with Gasteiger partial charge in [0.05, 0.1) is 7.11 Å². The van der Waals surface area contributed by atoms with Crippen LogP contribution < -0.4 is 15.2 Å². The summed E-state index contributed by atoms with van der Waals surface area (Å²) in [6.45, 7) is 3.46. The summed E-state index contributed by atoms with van der Waals surface area (Å²) < 4.78 is 11.0. The van der Waals surface area contributed by atoms with Gasteiger partial charge in [0, 0.05) is 12.6 Å². The molecule has 0 unspecified atom stereocenters. The van der Waals surface area contributed by atoms with Crippen LogP contribution in [0.15, 0.2) is 18.2 Å². The van der Waals surface area contributed by atoms with Gasteiger partial charge in [0.1, 0.15) is 6.61 Å². The standard InChI is InChI=1S/C13H22N2O2/c1-10(14)11-5-6-12(13(9-11)16-4)17-8-7-15(2)3/h5-6,9-10H,7-8,14H2,1-4H3/t10-/m0/s1. The van der Waals surface area contributed by atoms with Crippen LogP contribution in [0.2, 0.25) is 0 Å². The van der Waals surface area contributed by atoms with Gasteiger partial charge in [0.15, 0.2) is 11.5 Å². The Labute approximate surface area is 103 Å². The Kier molecular flexibility index (Phi) is 5.25. The molecule has 0 bridgehead atoms. The molecule has 0 spiro atoms.